The van der Waals surface area contributed by atoms with Gasteiger partial charge in [-0.25, -0.2) is 13.2 Å². The second-order valence-corrected chi connectivity index (χ2v) is 14.5. The number of carboxylic acid groups (broad SMARTS) is 1. The van der Waals surface area contributed by atoms with Gasteiger partial charge in [-0.05, 0) is 72.9 Å². The van der Waals surface area contributed by atoms with Crippen LogP contribution in [-0.4, -0.2) is 87.4 Å². The summed E-state index contributed by atoms with van der Waals surface area (Å²) in [5, 5.41) is 12.2. The molecule has 4 rings (SSSR count). The number of aryl methyl sites for hydroxylation is 1. The van der Waals surface area contributed by atoms with E-state index in [-0.39, 0.29) is 24.3 Å². The maximum Gasteiger partial charge on any atom is 0.326 e. The molecule has 1 saturated carbocycles. The zero-order chi connectivity index (χ0) is 31.0. The molecule has 1 heterocycles. The first kappa shape index (κ1) is 33.1. The van der Waals surface area contributed by atoms with Crippen LogP contribution in [-0.2, 0) is 30.7 Å². The lowest BCUT2D eigenvalue weighted by atomic mass is 9.90. The standard InChI is InChI=1S/C33H46N2O7S/c1-23-9-7-8-12-28(23)30-17-25(13-14-29(30)32(36)34-31(33(37)38)15-16-43(3,39)40)19-35-20-27(18-26(35)22-41-2)42-21-24-10-5-4-6-11-24/h7-9,12-14,17,24,26-27,31H,4-6,10-11,15-16,18-22H2,1-3H3,(H,34,36)(H,37,38). The normalized spacial score (nSPS) is 20.6. The number of methoxy groups -OCH3 is 1. The lowest BCUT2D eigenvalue weighted by Gasteiger charge is -2.25. The predicted octanol–water partition coefficient (Wildman–Crippen LogP) is 4.47. The van der Waals surface area contributed by atoms with Gasteiger partial charge in [0.15, 0.2) is 0 Å². The van der Waals surface area contributed by atoms with Gasteiger partial charge in [-0.3, -0.25) is 9.69 Å². The highest BCUT2D eigenvalue weighted by molar-refractivity contribution is 7.90. The summed E-state index contributed by atoms with van der Waals surface area (Å²) in [4.78, 5) is 27.7. The Balaban J connectivity index is 1.54. The van der Waals surface area contributed by atoms with Gasteiger partial charge in [0.25, 0.3) is 5.91 Å². The van der Waals surface area contributed by atoms with Crippen LogP contribution < -0.4 is 5.32 Å². The summed E-state index contributed by atoms with van der Waals surface area (Å²) in [5.41, 5.74) is 3.92. The SMILES string of the molecule is COCC1CC(OCC2CCCCC2)CN1Cc1ccc(C(=O)NC(CCS(C)(=O)=O)C(=O)O)c(-c2ccccc2C)c1. The first-order chi connectivity index (χ1) is 20.5. The van der Waals surface area contributed by atoms with Gasteiger partial charge in [-0.1, -0.05) is 49.6 Å². The van der Waals surface area contributed by atoms with Crippen LogP contribution in [0, 0.1) is 12.8 Å². The maximum absolute atomic E-state index is 13.5. The molecule has 1 aliphatic heterocycles. The molecule has 0 spiro atoms. The van der Waals surface area contributed by atoms with E-state index in [2.05, 4.69) is 10.2 Å². The Bertz CT molecular complexity index is 1360. The number of aliphatic carboxylic acids is 1. The molecule has 2 aromatic carbocycles. The number of hydrogen-bond acceptors (Lipinski definition) is 7. The van der Waals surface area contributed by atoms with Crippen molar-refractivity contribution < 1.29 is 32.6 Å². The molecule has 1 saturated heterocycles. The number of carbonyl (C=O) groups is 2. The van der Waals surface area contributed by atoms with Gasteiger partial charge in [0.05, 0.1) is 18.5 Å². The van der Waals surface area contributed by atoms with Crippen molar-refractivity contribution >= 4 is 21.7 Å². The van der Waals surface area contributed by atoms with Crippen molar-refractivity contribution in [3.63, 3.8) is 0 Å². The molecule has 0 radical (unpaired) electrons. The fourth-order valence-electron chi connectivity index (χ4n) is 6.29. The fourth-order valence-corrected chi connectivity index (χ4v) is 6.95. The number of amides is 1. The van der Waals surface area contributed by atoms with Crippen molar-refractivity contribution in [3.05, 3.63) is 59.2 Å². The van der Waals surface area contributed by atoms with Crippen molar-refractivity contribution in [1.82, 2.24) is 10.2 Å². The van der Waals surface area contributed by atoms with Crippen LogP contribution in [0.1, 0.15) is 66.4 Å². The van der Waals surface area contributed by atoms with Crippen molar-refractivity contribution in [1.29, 1.82) is 0 Å². The summed E-state index contributed by atoms with van der Waals surface area (Å²) in [5.74, 6) is -1.51. The summed E-state index contributed by atoms with van der Waals surface area (Å²) < 4.78 is 35.2. The number of nitrogens with one attached hydrogen (secondary N) is 1. The zero-order valence-electron chi connectivity index (χ0n) is 25.6. The van der Waals surface area contributed by atoms with Crippen LogP contribution in [0.5, 0.6) is 0 Å². The number of hydrogen-bond donors (Lipinski definition) is 2. The quantitative estimate of drug-likeness (QED) is 0.320. The third-order valence-electron chi connectivity index (χ3n) is 8.67. The molecule has 3 unspecified atom stereocenters. The predicted molar refractivity (Wildman–Crippen MR) is 167 cm³/mol. The smallest absolute Gasteiger partial charge is 0.326 e. The molecule has 43 heavy (non-hydrogen) atoms. The van der Waals surface area contributed by atoms with Crippen LogP contribution >= 0.6 is 0 Å². The largest absolute Gasteiger partial charge is 0.480 e. The van der Waals surface area contributed by atoms with E-state index in [1.807, 2.05) is 43.3 Å². The van der Waals surface area contributed by atoms with Crippen LogP contribution in [0.15, 0.2) is 42.5 Å². The van der Waals surface area contributed by atoms with E-state index >= 15 is 0 Å². The van der Waals surface area contributed by atoms with Crippen molar-refractivity contribution in [2.45, 2.75) is 76.6 Å². The average molecular weight is 615 g/mol. The third kappa shape index (κ3) is 9.60. The topological polar surface area (TPSA) is 122 Å². The number of sulfone groups is 1. The zero-order valence-corrected chi connectivity index (χ0v) is 26.4. The summed E-state index contributed by atoms with van der Waals surface area (Å²) in [6.45, 7) is 4.87. The van der Waals surface area contributed by atoms with Gasteiger partial charge >= 0.3 is 5.97 Å². The Hall–Kier alpha value is -2.79. The van der Waals surface area contributed by atoms with E-state index in [1.54, 1.807) is 13.2 Å². The van der Waals surface area contributed by atoms with E-state index < -0.39 is 27.8 Å². The Morgan fingerprint density at radius 1 is 1.07 bits per heavy atom. The van der Waals surface area contributed by atoms with Gasteiger partial charge in [0.1, 0.15) is 15.9 Å². The van der Waals surface area contributed by atoms with E-state index in [9.17, 15) is 23.1 Å². The Morgan fingerprint density at radius 3 is 2.49 bits per heavy atom. The first-order valence-corrected chi connectivity index (χ1v) is 17.3. The number of carbonyl (C=O) groups excluding carboxylic acids is 1. The van der Waals surface area contributed by atoms with Gasteiger partial charge in [0, 0.05) is 44.7 Å². The molecule has 236 valence electrons. The molecule has 2 aromatic rings. The Labute approximate surface area is 255 Å². The highest BCUT2D eigenvalue weighted by atomic mass is 32.2. The van der Waals surface area contributed by atoms with Crippen LogP contribution in [0.3, 0.4) is 0 Å². The van der Waals surface area contributed by atoms with Crippen molar-refractivity contribution in [2.75, 3.05) is 38.9 Å². The van der Waals surface area contributed by atoms with Gasteiger partial charge in [-0.15, -0.1) is 0 Å². The number of benzene rings is 2. The summed E-state index contributed by atoms with van der Waals surface area (Å²) in [6, 6.07) is 12.3. The summed E-state index contributed by atoms with van der Waals surface area (Å²) in [7, 11) is -1.67. The highest BCUT2D eigenvalue weighted by Crippen LogP contribution is 2.31. The molecular formula is C33H46N2O7S. The minimum atomic E-state index is -3.39. The lowest BCUT2D eigenvalue weighted by Crippen LogP contribution is -2.42. The monoisotopic (exact) mass is 614 g/mol. The molecule has 2 aliphatic rings. The second kappa shape index (κ2) is 15.3. The number of ether oxygens (including phenoxy) is 2. The molecule has 10 heteroatoms. The van der Waals surface area contributed by atoms with Crippen molar-refractivity contribution in [3.8, 4) is 11.1 Å². The molecule has 9 nitrogen and oxygen atoms in total. The average Bonchev–Trinajstić information content (AvgIpc) is 3.35. The van der Waals surface area contributed by atoms with Gasteiger partial charge in [-0.2, -0.15) is 0 Å². The minimum Gasteiger partial charge on any atom is -0.480 e. The molecule has 2 N–H and O–H groups in total. The van der Waals surface area contributed by atoms with Crippen LogP contribution in [0.25, 0.3) is 11.1 Å². The van der Waals surface area contributed by atoms with E-state index in [0.717, 1.165) is 42.5 Å². The molecule has 0 bridgehead atoms. The fraction of sp³-hybridized carbons (Fsp3) is 0.576. The number of rotatable bonds is 14. The highest BCUT2D eigenvalue weighted by Gasteiger charge is 2.33. The first-order valence-electron chi connectivity index (χ1n) is 15.3. The van der Waals surface area contributed by atoms with Gasteiger partial charge < -0.3 is 19.9 Å². The Kier molecular flexibility index (Phi) is 11.8. The molecule has 1 aliphatic carbocycles. The minimum absolute atomic E-state index is 0.155. The number of likely N-dealkylation sites (tertiary alicyclic amines) is 1. The van der Waals surface area contributed by atoms with E-state index in [1.165, 1.54) is 32.1 Å². The molecular weight excluding hydrogens is 568 g/mol. The summed E-state index contributed by atoms with van der Waals surface area (Å²) in [6.07, 6.45) is 8.34. The number of nitrogens with zero attached hydrogens (tertiary/aromatic N) is 1. The Morgan fingerprint density at radius 2 is 1.81 bits per heavy atom. The van der Waals surface area contributed by atoms with E-state index in [4.69, 9.17) is 9.47 Å². The molecule has 1 amide bonds. The molecule has 0 aromatic heterocycles. The van der Waals surface area contributed by atoms with E-state index in [0.29, 0.717) is 30.2 Å². The van der Waals surface area contributed by atoms with Crippen LogP contribution in [0.4, 0.5) is 0 Å². The second-order valence-electron chi connectivity index (χ2n) is 12.2. The van der Waals surface area contributed by atoms with Gasteiger partial charge in [0.2, 0.25) is 0 Å². The maximum atomic E-state index is 13.5. The summed E-state index contributed by atoms with van der Waals surface area (Å²) >= 11 is 0. The molecule has 3 atom stereocenters. The third-order valence-corrected chi connectivity index (χ3v) is 9.65. The lowest BCUT2D eigenvalue weighted by molar-refractivity contribution is -0.139. The number of carboxylic acids is 1. The molecule has 2 fully saturated rings. The van der Waals surface area contributed by atoms with Crippen LogP contribution in [0.2, 0.25) is 0 Å². The van der Waals surface area contributed by atoms with Crippen molar-refractivity contribution in [2.24, 2.45) is 5.92 Å².